The van der Waals surface area contributed by atoms with Crippen molar-refractivity contribution in [2.75, 3.05) is 25.9 Å². The van der Waals surface area contributed by atoms with Gasteiger partial charge in [-0.25, -0.2) is 12.7 Å². The van der Waals surface area contributed by atoms with Crippen LogP contribution in [0.5, 0.6) is 0 Å². The number of aryl methyl sites for hydroxylation is 1. The third-order valence-corrected chi connectivity index (χ3v) is 5.26. The molecule has 5 nitrogen and oxygen atoms in total. The molecule has 1 aromatic carbocycles. The first-order valence-corrected chi connectivity index (χ1v) is 10.1. The monoisotopic (exact) mass is 350 g/mol. The maximum Gasteiger partial charge on any atom is 0.211 e. The van der Waals surface area contributed by atoms with E-state index >= 15 is 0 Å². The predicted molar refractivity (Wildman–Crippen MR) is 97.3 cm³/mol. The van der Waals surface area contributed by atoms with Gasteiger partial charge in [-0.1, -0.05) is 36.8 Å². The van der Waals surface area contributed by atoms with Gasteiger partial charge in [0.1, 0.15) is 11.5 Å². The van der Waals surface area contributed by atoms with Crippen LogP contribution < -0.4 is 5.32 Å². The third kappa shape index (κ3) is 5.47. The average Bonchev–Trinajstić information content (AvgIpc) is 2.99. The molecule has 0 unspecified atom stereocenters. The number of sulfonamides is 1. The summed E-state index contributed by atoms with van der Waals surface area (Å²) in [5.74, 6) is 1.74. The summed E-state index contributed by atoms with van der Waals surface area (Å²) in [6.07, 6.45) is 2.02. The quantitative estimate of drug-likeness (QED) is 0.706. The van der Waals surface area contributed by atoms with E-state index in [-0.39, 0.29) is 0 Å². The van der Waals surface area contributed by atoms with Crippen molar-refractivity contribution in [2.45, 2.75) is 26.8 Å². The van der Waals surface area contributed by atoms with E-state index < -0.39 is 10.0 Å². The molecule has 1 N–H and O–H groups in total. The summed E-state index contributed by atoms with van der Waals surface area (Å²) in [6, 6.07) is 12.2. The molecule has 0 radical (unpaired) electrons. The van der Waals surface area contributed by atoms with E-state index in [1.807, 2.05) is 19.1 Å². The van der Waals surface area contributed by atoms with Gasteiger partial charge in [-0.2, -0.15) is 0 Å². The second kappa shape index (κ2) is 8.46. The number of nitrogens with zero attached hydrogens (tertiary/aromatic N) is 1. The number of rotatable bonds is 9. The third-order valence-electron chi connectivity index (χ3n) is 3.88. The molecule has 0 aliphatic carbocycles. The Morgan fingerprint density at radius 2 is 1.83 bits per heavy atom. The van der Waals surface area contributed by atoms with Gasteiger partial charge in [0.05, 0.1) is 12.8 Å². The molecule has 0 saturated heterocycles. The lowest BCUT2D eigenvalue weighted by Crippen LogP contribution is -2.32. The molecule has 2 aromatic rings. The Morgan fingerprint density at radius 1 is 1.12 bits per heavy atom. The van der Waals surface area contributed by atoms with Gasteiger partial charge in [0, 0.05) is 18.7 Å². The molecule has 6 heteroatoms. The van der Waals surface area contributed by atoms with Crippen LogP contribution in [0.4, 0.5) is 0 Å². The average molecular weight is 350 g/mol. The number of furan rings is 1. The molecule has 0 aliphatic heterocycles. The van der Waals surface area contributed by atoms with Gasteiger partial charge in [0.15, 0.2) is 0 Å². The summed E-state index contributed by atoms with van der Waals surface area (Å²) in [7, 11) is -3.10. The van der Waals surface area contributed by atoms with Gasteiger partial charge < -0.3 is 9.73 Å². The van der Waals surface area contributed by atoms with Crippen LogP contribution in [0.15, 0.2) is 40.8 Å². The fourth-order valence-electron chi connectivity index (χ4n) is 2.50. The molecule has 0 bridgehead atoms. The second-order valence-corrected chi connectivity index (χ2v) is 7.90. The molecule has 132 valence electrons. The second-order valence-electron chi connectivity index (χ2n) is 5.92. The molecule has 24 heavy (non-hydrogen) atoms. The lowest BCUT2D eigenvalue weighted by Gasteiger charge is -2.17. The first-order chi connectivity index (χ1) is 11.4. The molecule has 1 heterocycles. The van der Waals surface area contributed by atoms with Crippen molar-refractivity contribution in [3.8, 4) is 11.3 Å². The molecular weight excluding hydrogens is 324 g/mol. The number of benzene rings is 1. The summed E-state index contributed by atoms with van der Waals surface area (Å²) in [6.45, 7) is 6.34. The standard InChI is InChI=1S/C18H26N2O3S/c1-4-20(24(3,21)22)13-5-12-19-14-17-10-11-18(23-17)16-8-6-15(2)7-9-16/h6-11,19H,4-5,12-14H2,1-3H3. The highest BCUT2D eigenvalue weighted by Gasteiger charge is 2.13. The first-order valence-electron chi connectivity index (χ1n) is 8.21. The van der Waals surface area contributed by atoms with Crippen molar-refractivity contribution < 1.29 is 12.8 Å². The zero-order chi connectivity index (χ0) is 17.6. The molecule has 0 fully saturated rings. The predicted octanol–water partition coefficient (Wildman–Crippen LogP) is 3.02. The van der Waals surface area contributed by atoms with Gasteiger partial charge in [0.2, 0.25) is 10.0 Å². The van der Waals surface area contributed by atoms with E-state index in [1.54, 1.807) is 0 Å². The van der Waals surface area contributed by atoms with Gasteiger partial charge >= 0.3 is 0 Å². The van der Waals surface area contributed by atoms with E-state index in [4.69, 9.17) is 4.42 Å². The molecule has 0 saturated carbocycles. The van der Waals surface area contributed by atoms with Crippen LogP contribution in [0.25, 0.3) is 11.3 Å². The SMILES string of the molecule is CCN(CCCNCc1ccc(-c2ccc(C)cc2)o1)S(C)(=O)=O. The highest BCUT2D eigenvalue weighted by atomic mass is 32.2. The van der Waals surface area contributed by atoms with Gasteiger partial charge in [-0.3, -0.25) is 0 Å². The molecule has 0 atom stereocenters. The lowest BCUT2D eigenvalue weighted by molar-refractivity contribution is 0.414. The first kappa shape index (κ1) is 18.7. The largest absolute Gasteiger partial charge is 0.460 e. The van der Waals surface area contributed by atoms with Crippen LogP contribution in [0.1, 0.15) is 24.7 Å². The highest BCUT2D eigenvalue weighted by Crippen LogP contribution is 2.22. The van der Waals surface area contributed by atoms with Crippen molar-refractivity contribution >= 4 is 10.0 Å². The minimum absolute atomic E-state index is 0.511. The summed E-state index contributed by atoms with van der Waals surface area (Å²) < 4.78 is 30.3. The topological polar surface area (TPSA) is 62.6 Å². The molecule has 1 aromatic heterocycles. The van der Waals surface area contributed by atoms with Crippen molar-refractivity contribution in [1.29, 1.82) is 0 Å². The Morgan fingerprint density at radius 3 is 2.46 bits per heavy atom. The molecule has 2 rings (SSSR count). The fraction of sp³-hybridized carbons (Fsp3) is 0.444. The van der Waals surface area contributed by atoms with E-state index in [1.165, 1.54) is 16.1 Å². The van der Waals surface area contributed by atoms with Crippen LogP contribution in [0.3, 0.4) is 0 Å². The van der Waals surface area contributed by atoms with Crippen molar-refractivity contribution in [3.63, 3.8) is 0 Å². The van der Waals surface area contributed by atoms with Gasteiger partial charge in [-0.15, -0.1) is 0 Å². The lowest BCUT2D eigenvalue weighted by atomic mass is 10.1. The summed E-state index contributed by atoms with van der Waals surface area (Å²) in [5.41, 5.74) is 2.29. The molecule has 0 amide bonds. The van der Waals surface area contributed by atoms with E-state index in [0.717, 1.165) is 30.0 Å². The Bertz CT molecular complexity index is 736. The van der Waals surface area contributed by atoms with Crippen LogP contribution in [-0.4, -0.2) is 38.6 Å². The van der Waals surface area contributed by atoms with Crippen molar-refractivity contribution in [1.82, 2.24) is 9.62 Å². The Kier molecular flexibility index (Phi) is 6.60. The normalized spacial score (nSPS) is 12.0. The van der Waals surface area contributed by atoms with Crippen molar-refractivity contribution in [3.05, 3.63) is 47.7 Å². The maximum absolute atomic E-state index is 11.5. The Labute approximate surface area is 144 Å². The summed E-state index contributed by atoms with van der Waals surface area (Å²) >= 11 is 0. The summed E-state index contributed by atoms with van der Waals surface area (Å²) in [4.78, 5) is 0. The number of hydrogen-bond acceptors (Lipinski definition) is 4. The Hall–Kier alpha value is -1.63. The van der Waals surface area contributed by atoms with E-state index in [2.05, 4.69) is 36.5 Å². The van der Waals surface area contributed by atoms with E-state index in [9.17, 15) is 8.42 Å². The Balaban J connectivity index is 1.77. The molecule has 0 spiro atoms. The smallest absolute Gasteiger partial charge is 0.211 e. The zero-order valence-electron chi connectivity index (χ0n) is 14.6. The number of hydrogen-bond donors (Lipinski definition) is 1. The van der Waals surface area contributed by atoms with Crippen LogP contribution >= 0.6 is 0 Å². The van der Waals surface area contributed by atoms with Crippen LogP contribution in [0.2, 0.25) is 0 Å². The van der Waals surface area contributed by atoms with Crippen LogP contribution in [0, 0.1) is 6.92 Å². The maximum atomic E-state index is 11.5. The minimum Gasteiger partial charge on any atom is -0.460 e. The fourth-order valence-corrected chi connectivity index (χ4v) is 3.43. The molecule has 0 aliphatic rings. The van der Waals surface area contributed by atoms with Gasteiger partial charge in [0.25, 0.3) is 0 Å². The van der Waals surface area contributed by atoms with Crippen LogP contribution in [-0.2, 0) is 16.6 Å². The zero-order valence-corrected chi connectivity index (χ0v) is 15.4. The minimum atomic E-state index is -3.10. The van der Waals surface area contributed by atoms with Crippen molar-refractivity contribution in [2.24, 2.45) is 0 Å². The number of nitrogens with one attached hydrogen (secondary N) is 1. The van der Waals surface area contributed by atoms with Gasteiger partial charge in [-0.05, 0) is 32.0 Å². The molecular formula is C18H26N2O3S. The highest BCUT2D eigenvalue weighted by molar-refractivity contribution is 7.88. The van der Waals surface area contributed by atoms with E-state index in [0.29, 0.717) is 19.6 Å². The summed E-state index contributed by atoms with van der Waals surface area (Å²) in [5, 5.41) is 3.29.